The summed E-state index contributed by atoms with van der Waals surface area (Å²) in [4.78, 5) is 24.5. The van der Waals surface area contributed by atoms with E-state index < -0.39 is 0 Å². The molecule has 0 N–H and O–H groups in total. The van der Waals surface area contributed by atoms with Crippen molar-refractivity contribution in [3.63, 3.8) is 0 Å². The number of Topliss-reactive ketones (excluding diaryl/α,β-unsaturated/α-hetero) is 1. The molecule has 0 fully saturated rings. The van der Waals surface area contributed by atoms with E-state index in [1.165, 1.54) is 6.08 Å². The first-order valence-corrected chi connectivity index (χ1v) is 5.91. The number of nitrogens with zero attached hydrogens (tertiary/aromatic N) is 1. The highest BCUT2D eigenvalue weighted by Crippen LogP contribution is 2.09. The summed E-state index contributed by atoms with van der Waals surface area (Å²) in [6, 6.07) is 0. The van der Waals surface area contributed by atoms with Gasteiger partial charge in [0.05, 0.1) is 6.54 Å². The fourth-order valence-corrected chi connectivity index (χ4v) is 1.44. The van der Waals surface area contributed by atoms with E-state index in [4.69, 9.17) is 0 Å². The molecule has 0 aromatic carbocycles. The van der Waals surface area contributed by atoms with Gasteiger partial charge in [-0.05, 0) is 25.3 Å². The van der Waals surface area contributed by atoms with Crippen molar-refractivity contribution >= 4 is 11.9 Å². The van der Waals surface area contributed by atoms with Crippen molar-refractivity contribution in [1.82, 2.24) is 0 Å². The molecule has 90 valence electrons. The summed E-state index contributed by atoms with van der Waals surface area (Å²) < 4.78 is 0. The number of carbonyl (C=O) groups excluding carboxylic acids is 2. The minimum absolute atomic E-state index is 0.181. The van der Waals surface area contributed by atoms with Crippen molar-refractivity contribution in [2.45, 2.75) is 51.9 Å². The highest BCUT2D eigenvalue weighted by Gasteiger charge is 2.00. The zero-order chi connectivity index (χ0) is 12.2. The predicted octanol–water partition coefficient (Wildman–Crippen LogP) is 3.20. The molecule has 0 aromatic rings. The minimum Gasteiger partial charge on any atom is -0.295 e. The molecule has 0 spiro atoms. The second-order valence-corrected chi connectivity index (χ2v) is 4.05. The summed E-state index contributed by atoms with van der Waals surface area (Å²) in [6.07, 6.45) is 8.56. The van der Waals surface area contributed by atoms with Crippen LogP contribution in [0.1, 0.15) is 51.9 Å². The standard InChI is InChI=1S/C13H21NO2/c1-12(2)13(16)9-7-5-3-4-6-8-10-14-11-15/h1,3-10H2,2H3. The first kappa shape index (κ1) is 14.8. The SMILES string of the molecule is C=C(C)C(=O)CCCCCCCCN=C=O. The largest absolute Gasteiger partial charge is 0.295 e. The number of hydrogen-bond donors (Lipinski definition) is 0. The van der Waals surface area contributed by atoms with Crippen LogP contribution < -0.4 is 0 Å². The van der Waals surface area contributed by atoms with E-state index >= 15 is 0 Å². The van der Waals surface area contributed by atoms with Gasteiger partial charge in [-0.3, -0.25) is 4.79 Å². The fraction of sp³-hybridized carbons (Fsp3) is 0.692. The van der Waals surface area contributed by atoms with Crippen molar-refractivity contribution in [3.05, 3.63) is 12.2 Å². The maximum absolute atomic E-state index is 11.2. The van der Waals surface area contributed by atoms with Gasteiger partial charge in [0.25, 0.3) is 0 Å². The summed E-state index contributed by atoms with van der Waals surface area (Å²) in [5.41, 5.74) is 0.659. The Morgan fingerprint density at radius 2 is 1.69 bits per heavy atom. The molecule has 0 amide bonds. The second kappa shape index (κ2) is 10.3. The second-order valence-electron chi connectivity index (χ2n) is 4.05. The number of ketones is 1. The van der Waals surface area contributed by atoms with Crippen LogP contribution in [0.2, 0.25) is 0 Å². The van der Waals surface area contributed by atoms with Gasteiger partial charge in [-0.1, -0.05) is 32.3 Å². The lowest BCUT2D eigenvalue weighted by molar-refractivity contribution is -0.115. The number of rotatable bonds is 10. The average molecular weight is 223 g/mol. The van der Waals surface area contributed by atoms with Gasteiger partial charge in [-0.25, -0.2) is 9.79 Å². The van der Waals surface area contributed by atoms with Crippen LogP contribution in [0.3, 0.4) is 0 Å². The van der Waals surface area contributed by atoms with Crippen LogP contribution in [0.25, 0.3) is 0 Å². The molecule has 3 nitrogen and oxygen atoms in total. The number of hydrogen-bond acceptors (Lipinski definition) is 3. The number of aliphatic imine (C=N–C) groups is 1. The fourth-order valence-electron chi connectivity index (χ4n) is 1.44. The molecule has 0 rings (SSSR count). The van der Waals surface area contributed by atoms with Gasteiger partial charge in [-0.2, -0.15) is 0 Å². The predicted molar refractivity (Wildman–Crippen MR) is 65.1 cm³/mol. The number of allylic oxidation sites excluding steroid dienone is 1. The third-order valence-corrected chi connectivity index (χ3v) is 2.46. The Labute approximate surface area is 97.6 Å². The third kappa shape index (κ3) is 9.35. The Balaban J connectivity index is 3.18. The van der Waals surface area contributed by atoms with Crippen molar-refractivity contribution in [1.29, 1.82) is 0 Å². The van der Waals surface area contributed by atoms with Crippen molar-refractivity contribution in [3.8, 4) is 0 Å². The molecule has 0 atom stereocenters. The van der Waals surface area contributed by atoms with Crippen LogP contribution in [-0.4, -0.2) is 18.4 Å². The summed E-state index contributed by atoms with van der Waals surface area (Å²) in [6.45, 7) is 5.98. The van der Waals surface area contributed by atoms with Crippen LogP contribution in [0, 0.1) is 0 Å². The van der Waals surface area contributed by atoms with Gasteiger partial charge in [0, 0.05) is 6.42 Å². The van der Waals surface area contributed by atoms with Crippen molar-refractivity contribution in [2.24, 2.45) is 4.99 Å². The molecule has 0 unspecified atom stereocenters. The lowest BCUT2D eigenvalue weighted by Crippen LogP contribution is -1.97. The van der Waals surface area contributed by atoms with Crippen LogP contribution in [0.15, 0.2) is 17.1 Å². The zero-order valence-electron chi connectivity index (χ0n) is 10.1. The smallest absolute Gasteiger partial charge is 0.234 e. The van der Waals surface area contributed by atoms with E-state index in [0.717, 1.165) is 38.5 Å². The van der Waals surface area contributed by atoms with Gasteiger partial charge in [0.15, 0.2) is 5.78 Å². The van der Waals surface area contributed by atoms with Crippen LogP contribution in [0.5, 0.6) is 0 Å². The highest BCUT2D eigenvalue weighted by molar-refractivity contribution is 5.93. The summed E-state index contributed by atoms with van der Waals surface area (Å²) in [5, 5.41) is 0. The Kier molecular flexibility index (Phi) is 9.53. The summed E-state index contributed by atoms with van der Waals surface area (Å²) in [7, 11) is 0. The Morgan fingerprint density at radius 1 is 1.12 bits per heavy atom. The van der Waals surface area contributed by atoms with Crippen molar-refractivity contribution in [2.75, 3.05) is 6.54 Å². The lowest BCUT2D eigenvalue weighted by Gasteiger charge is -2.00. The molecule has 0 aliphatic carbocycles. The molecule has 0 aliphatic rings. The molecular weight excluding hydrogens is 202 g/mol. The van der Waals surface area contributed by atoms with E-state index in [1.54, 1.807) is 6.92 Å². The van der Waals surface area contributed by atoms with Crippen LogP contribution >= 0.6 is 0 Å². The minimum atomic E-state index is 0.181. The Bertz CT molecular complexity index is 265. The number of isocyanates is 1. The molecule has 0 heterocycles. The maximum atomic E-state index is 11.2. The molecule has 16 heavy (non-hydrogen) atoms. The lowest BCUT2D eigenvalue weighted by atomic mass is 10.1. The maximum Gasteiger partial charge on any atom is 0.234 e. The van der Waals surface area contributed by atoms with E-state index in [2.05, 4.69) is 11.6 Å². The highest BCUT2D eigenvalue weighted by atomic mass is 16.1. The number of carbonyl (C=O) groups is 1. The van der Waals surface area contributed by atoms with E-state index in [9.17, 15) is 9.59 Å². The van der Waals surface area contributed by atoms with Gasteiger partial charge in [-0.15, -0.1) is 0 Å². The number of unbranched alkanes of at least 4 members (excludes halogenated alkanes) is 5. The first-order chi connectivity index (χ1) is 7.68. The molecule has 0 saturated carbocycles. The molecule has 0 aromatic heterocycles. The van der Waals surface area contributed by atoms with Crippen molar-refractivity contribution < 1.29 is 9.59 Å². The molecule has 0 radical (unpaired) electrons. The normalized spacial score (nSPS) is 9.56. The van der Waals surface area contributed by atoms with Crippen LogP contribution in [-0.2, 0) is 9.59 Å². The monoisotopic (exact) mass is 223 g/mol. The van der Waals surface area contributed by atoms with E-state index in [1.807, 2.05) is 0 Å². The van der Waals surface area contributed by atoms with Gasteiger partial charge < -0.3 is 0 Å². The molecule has 3 heteroatoms. The summed E-state index contributed by atoms with van der Waals surface area (Å²) >= 11 is 0. The molecule has 0 aliphatic heterocycles. The van der Waals surface area contributed by atoms with Gasteiger partial charge >= 0.3 is 0 Å². The average Bonchev–Trinajstić information content (AvgIpc) is 2.26. The zero-order valence-corrected chi connectivity index (χ0v) is 10.1. The third-order valence-electron chi connectivity index (χ3n) is 2.46. The van der Waals surface area contributed by atoms with Gasteiger partial charge in [0.2, 0.25) is 6.08 Å². The molecular formula is C13H21NO2. The quantitative estimate of drug-likeness (QED) is 0.247. The van der Waals surface area contributed by atoms with E-state index in [-0.39, 0.29) is 5.78 Å². The Hall–Kier alpha value is -1.21. The van der Waals surface area contributed by atoms with Gasteiger partial charge in [0.1, 0.15) is 0 Å². The first-order valence-electron chi connectivity index (χ1n) is 5.91. The Morgan fingerprint density at radius 3 is 2.25 bits per heavy atom. The summed E-state index contributed by atoms with van der Waals surface area (Å²) in [5.74, 6) is 0.181. The van der Waals surface area contributed by atoms with Crippen LogP contribution in [0.4, 0.5) is 0 Å². The van der Waals surface area contributed by atoms with E-state index in [0.29, 0.717) is 18.5 Å². The topological polar surface area (TPSA) is 46.5 Å². The molecule has 0 saturated heterocycles. The molecule has 0 bridgehead atoms.